The zero-order chi connectivity index (χ0) is 15.1. The van der Waals surface area contributed by atoms with Crippen molar-refractivity contribution >= 4 is 30.8 Å². The van der Waals surface area contributed by atoms with E-state index in [1.807, 2.05) is 4.90 Å². The molecule has 0 fully saturated rings. The van der Waals surface area contributed by atoms with Crippen molar-refractivity contribution in [3.63, 3.8) is 0 Å². The lowest BCUT2D eigenvalue weighted by atomic mass is 10.1. The number of carboxylic acids is 1. The Bertz CT molecular complexity index is 232. The number of hydrogen-bond donors (Lipinski definition) is 2. The number of carbonyl (C=O) groups is 1. The van der Waals surface area contributed by atoms with Gasteiger partial charge in [-0.2, -0.15) is 0 Å². The summed E-state index contributed by atoms with van der Waals surface area (Å²) in [6.07, 6.45) is 13.1. The highest BCUT2D eigenvalue weighted by molar-refractivity contribution is 5.85. The molecular weight excluding hydrogens is 323 g/mol. The van der Waals surface area contributed by atoms with Gasteiger partial charge in [-0.1, -0.05) is 64.7 Å². The zero-order valence-corrected chi connectivity index (χ0v) is 15.7. The molecule has 0 radical (unpaired) electrons. The van der Waals surface area contributed by atoms with Gasteiger partial charge >= 0.3 is 5.97 Å². The first-order chi connectivity index (χ1) is 9.70. The molecular formula is C16H36Cl2N2O2. The van der Waals surface area contributed by atoms with Crippen molar-refractivity contribution in [1.82, 2.24) is 4.90 Å². The molecule has 4 nitrogen and oxygen atoms in total. The monoisotopic (exact) mass is 358 g/mol. The van der Waals surface area contributed by atoms with Gasteiger partial charge in [0, 0.05) is 13.1 Å². The third-order valence-corrected chi connectivity index (χ3v) is 3.63. The van der Waals surface area contributed by atoms with Crippen molar-refractivity contribution in [2.75, 3.05) is 26.2 Å². The normalized spacial score (nSPS) is 10.1. The van der Waals surface area contributed by atoms with E-state index in [2.05, 4.69) is 6.92 Å². The van der Waals surface area contributed by atoms with Crippen LogP contribution in [0.2, 0.25) is 0 Å². The lowest BCUT2D eigenvalue weighted by Crippen LogP contribution is -2.34. The van der Waals surface area contributed by atoms with E-state index in [4.69, 9.17) is 10.8 Å². The first-order valence-electron chi connectivity index (χ1n) is 8.35. The van der Waals surface area contributed by atoms with E-state index in [1.54, 1.807) is 0 Å². The largest absolute Gasteiger partial charge is 0.480 e. The van der Waals surface area contributed by atoms with Crippen LogP contribution in [-0.4, -0.2) is 42.2 Å². The van der Waals surface area contributed by atoms with E-state index in [-0.39, 0.29) is 31.4 Å². The van der Waals surface area contributed by atoms with Crippen molar-refractivity contribution in [2.45, 2.75) is 71.1 Å². The molecule has 0 aromatic carbocycles. The van der Waals surface area contributed by atoms with Crippen LogP contribution in [0.15, 0.2) is 0 Å². The third kappa shape index (κ3) is 20.0. The molecule has 0 aromatic rings. The fourth-order valence-electron chi connectivity index (χ4n) is 2.47. The minimum absolute atomic E-state index is 0. The van der Waals surface area contributed by atoms with Crippen LogP contribution in [0.4, 0.5) is 0 Å². The van der Waals surface area contributed by atoms with E-state index in [1.165, 1.54) is 57.8 Å². The van der Waals surface area contributed by atoms with Crippen LogP contribution in [0.3, 0.4) is 0 Å². The Hall–Kier alpha value is -0.0300. The fraction of sp³-hybridized carbons (Fsp3) is 0.938. The van der Waals surface area contributed by atoms with Gasteiger partial charge in [-0.05, 0) is 13.0 Å². The summed E-state index contributed by atoms with van der Waals surface area (Å²) in [5.41, 5.74) is 5.49. The molecule has 0 aromatic heterocycles. The molecule has 0 saturated heterocycles. The Morgan fingerprint density at radius 2 is 1.32 bits per heavy atom. The van der Waals surface area contributed by atoms with E-state index in [0.717, 1.165) is 13.0 Å². The van der Waals surface area contributed by atoms with Crippen LogP contribution in [0, 0.1) is 0 Å². The van der Waals surface area contributed by atoms with Crippen molar-refractivity contribution in [1.29, 1.82) is 0 Å². The Morgan fingerprint density at radius 3 is 1.73 bits per heavy atom. The van der Waals surface area contributed by atoms with Crippen LogP contribution in [0.25, 0.3) is 0 Å². The molecule has 136 valence electrons. The van der Waals surface area contributed by atoms with Gasteiger partial charge in [-0.15, -0.1) is 24.8 Å². The molecule has 0 aliphatic carbocycles. The minimum atomic E-state index is -0.759. The van der Waals surface area contributed by atoms with Crippen molar-refractivity contribution in [3.05, 3.63) is 0 Å². The second-order valence-electron chi connectivity index (χ2n) is 5.64. The van der Waals surface area contributed by atoms with Crippen molar-refractivity contribution in [2.24, 2.45) is 5.73 Å². The second kappa shape index (κ2) is 21.0. The SMILES string of the molecule is CCCCCCCCCCCCN(CCN)CC(=O)O.Cl.Cl. The second-order valence-corrected chi connectivity index (χ2v) is 5.64. The Balaban J connectivity index is -0.00000180. The highest BCUT2D eigenvalue weighted by atomic mass is 35.5. The Kier molecular flexibility index (Phi) is 25.6. The molecule has 0 unspecified atom stereocenters. The predicted molar refractivity (Wildman–Crippen MR) is 99.5 cm³/mol. The number of carboxylic acid groups (broad SMARTS) is 1. The van der Waals surface area contributed by atoms with Gasteiger partial charge in [-0.25, -0.2) is 0 Å². The summed E-state index contributed by atoms with van der Waals surface area (Å²) >= 11 is 0. The molecule has 0 saturated carbocycles. The van der Waals surface area contributed by atoms with E-state index in [0.29, 0.717) is 13.1 Å². The van der Waals surface area contributed by atoms with Gasteiger partial charge in [0.15, 0.2) is 0 Å². The average Bonchev–Trinajstić information content (AvgIpc) is 2.40. The number of aliphatic carboxylic acids is 1. The molecule has 6 heteroatoms. The van der Waals surface area contributed by atoms with E-state index in [9.17, 15) is 4.79 Å². The average molecular weight is 359 g/mol. The predicted octanol–water partition coefficient (Wildman–Crippen LogP) is 4.10. The van der Waals surface area contributed by atoms with Gasteiger partial charge in [0.1, 0.15) is 0 Å². The molecule has 0 aliphatic heterocycles. The number of nitrogens with two attached hydrogens (primary N) is 1. The highest BCUT2D eigenvalue weighted by Gasteiger charge is 2.07. The Labute approximate surface area is 149 Å². The van der Waals surface area contributed by atoms with Gasteiger partial charge in [0.2, 0.25) is 0 Å². The van der Waals surface area contributed by atoms with Crippen LogP contribution in [0.1, 0.15) is 71.1 Å². The molecule has 0 aliphatic rings. The number of hydrogen-bond acceptors (Lipinski definition) is 3. The molecule has 0 atom stereocenters. The maximum Gasteiger partial charge on any atom is 0.317 e. The summed E-state index contributed by atoms with van der Waals surface area (Å²) in [6.45, 7) is 4.45. The fourth-order valence-corrected chi connectivity index (χ4v) is 2.47. The number of unbranched alkanes of at least 4 members (excludes halogenated alkanes) is 9. The lowest BCUT2D eigenvalue weighted by Gasteiger charge is -2.18. The van der Waals surface area contributed by atoms with Gasteiger partial charge in [-0.3, -0.25) is 9.69 Å². The Morgan fingerprint density at radius 1 is 0.864 bits per heavy atom. The van der Waals surface area contributed by atoms with Crippen LogP contribution in [-0.2, 0) is 4.79 Å². The van der Waals surface area contributed by atoms with Gasteiger partial charge in [0.25, 0.3) is 0 Å². The topological polar surface area (TPSA) is 66.6 Å². The molecule has 0 heterocycles. The van der Waals surface area contributed by atoms with Crippen LogP contribution >= 0.6 is 24.8 Å². The molecule has 22 heavy (non-hydrogen) atoms. The van der Waals surface area contributed by atoms with Crippen LogP contribution in [0.5, 0.6) is 0 Å². The third-order valence-electron chi connectivity index (χ3n) is 3.63. The minimum Gasteiger partial charge on any atom is -0.480 e. The maximum atomic E-state index is 10.7. The van der Waals surface area contributed by atoms with Crippen molar-refractivity contribution in [3.8, 4) is 0 Å². The van der Waals surface area contributed by atoms with E-state index >= 15 is 0 Å². The molecule has 0 spiro atoms. The summed E-state index contributed by atoms with van der Waals surface area (Å²) in [5.74, 6) is -0.759. The number of nitrogens with zero attached hydrogens (tertiary/aromatic N) is 1. The van der Waals surface area contributed by atoms with E-state index < -0.39 is 5.97 Å². The lowest BCUT2D eigenvalue weighted by molar-refractivity contribution is -0.138. The first kappa shape index (κ1) is 26.8. The first-order valence-corrected chi connectivity index (χ1v) is 8.35. The van der Waals surface area contributed by atoms with Crippen molar-refractivity contribution < 1.29 is 9.90 Å². The number of halogens is 2. The number of rotatable bonds is 15. The van der Waals surface area contributed by atoms with Gasteiger partial charge < -0.3 is 10.8 Å². The summed E-state index contributed by atoms with van der Waals surface area (Å²) in [7, 11) is 0. The summed E-state index contributed by atoms with van der Waals surface area (Å²) in [6, 6.07) is 0. The molecule has 0 bridgehead atoms. The zero-order valence-electron chi connectivity index (χ0n) is 14.1. The summed E-state index contributed by atoms with van der Waals surface area (Å²) in [5, 5.41) is 8.79. The smallest absolute Gasteiger partial charge is 0.317 e. The van der Waals surface area contributed by atoms with Crippen LogP contribution < -0.4 is 5.73 Å². The quantitative estimate of drug-likeness (QED) is 0.432. The summed E-state index contributed by atoms with van der Waals surface area (Å²) < 4.78 is 0. The molecule has 3 N–H and O–H groups in total. The maximum absolute atomic E-state index is 10.7. The molecule has 0 amide bonds. The summed E-state index contributed by atoms with van der Waals surface area (Å²) in [4.78, 5) is 12.6. The van der Waals surface area contributed by atoms with Gasteiger partial charge in [0.05, 0.1) is 6.54 Å². The standard InChI is InChI=1S/C16H34N2O2.2ClH/c1-2-3-4-5-6-7-8-9-10-11-13-18(14-12-17)15-16(19)20;;/h2-15,17H2,1H3,(H,19,20);2*1H. The highest BCUT2D eigenvalue weighted by Crippen LogP contribution is 2.10. The molecule has 0 rings (SSSR count).